The molecule has 0 bridgehead atoms. The van der Waals surface area contributed by atoms with Gasteiger partial charge in [0.2, 0.25) is 6.41 Å². The summed E-state index contributed by atoms with van der Waals surface area (Å²) in [6.07, 6.45) is 4.02. The van der Waals surface area contributed by atoms with Crippen LogP contribution in [0.25, 0.3) is 0 Å². The molecule has 0 N–H and O–H groups in total. The van der Waals surface area contributed by atoms with E-state index in [0.29, 0.717) is 5.37 Å². The molecule has 0 spiro atoms. The maximum Gasteiger partial charge on any atom is 0.214 e. The second-order valence-corrected chi connectivity index (χ2v) is 4.95. The lowest BCUT2D eigenvalue weighted by Gasteiger charge is -2.23. The van der Waals surface area contributed by atoms with Gasteiger partial charge in [-0.3, -0.25) is 4.79 Å². The highest BCUT2D eigenvalue weighted by Gasteiger charge is 2.28. The zero-order valence-electron chi connectivity index (χ0n) is 8.74. The van der Waals surface area contributed by atoms with Gasteiger partial charge in [0.25, 0.3) is 0 Å². The Bertz CT molecular complexity index is 446. The minimum absolute atomic E-state index is 0.436. The monoisotopic (exact) mass is 232 g/mol. The van der Waals surface area contributed by atoms with Crippen LogP contribution in [0.3, 0.4) is 0 Å². The van der Waals surface area contributed by atoms with Crippen LogP contribution < -0.4 is 9.80 Å². The van der Waals surface area contributed by atoms with Crippen LogP contribution in [0.15, 0.2) is 35.9 Å². The molecule has 1 atom stereocenters. The average Bonchev–Trinajstić information content (AvgIpc) is 2.73. The van der Waals surface area contributed by atoms with Gasteiger partial charge in [-0.05, 0) is 24.0 Å². The fraction of sp³-hybridized carbons (Fsp3) is 0.250. The third-order valence-corrected chi connectivity index (χ3v) is 4.04. The quantitative estimate of drug-likeness (QED) is 0.695. The summed E-state index contributed by atoms with van der Waals surface area (Å²) in [4.78, 5) is 15.1. The van der Waals surface area contributed by atoms with Crippen molar-refractivity contribution in [2.75, 3.05) is 16.3 Å². The van der Waals surface area contributed by atoms with Crippen molar-refractivity contribution in [1.82, 2.24) is 0 Å². The predicted octanol–water partition coefficient (Wildman–Crippen LogP) is 2.40. The number of hydrogen-bond acceptors (Lipinski definition) is 3. The molecule has 0 fully saturated rings. The highest BCUT2D eigenvalue weighted by molar-refractivity contribution is 8.03. The molecule has 2 heterocycles. The number of carbonyl (C=O) groups excluding carboxylic acids is 1. The Balaban J connectivity index is 2.11. The molecule has 0 aromatic heterocycles. The van der Waals surface area contributed by atoms with Crippen molar-refractivity contribution in [1.29, 1.82) is 0 Å². The van der Waals surface area contributed by atoms with Crippen molar-refractivity contribution in [3.05, 3.63) is 35.9 Å². The predicted molar refractivity (Wildman–Crippen MR) is 67.5 cm³/mol. The molecule has 2 aliphatic rings. The van der Waals surface area contributed by atoms with Crippen molar-refractivity contribution in [2.45, 2.75) is 11.8 Å². The van der Waals surface area contributed by atoms with Gasteiger partial charge in [0.1, 0.15) is 0 Å². The molecule has 0 aliphatic carbocycles. The number of thioether (sulfide) groups is 1. The van der Waals surface area contributed by atoms with Gasteiger partial charge in [0, 0.05) is 12.7 Å². The van der Waals surface area contributed by atoms with E-state index in [4.69, 9.17) is 0 Å². The molecule has 4 heteroatoms. The molecular formula is C12H12N2OS. The van der Waals surface area contributed by atoms with Gasteiger partial charge in [0.15, 0.2) is 0 Å². The fourth-order valence-electron chi connectivity index (χ4n) is 2.20. The number of hydrogen-bond donors (Lipinski definition) is 0. The van der Waals surface area contributed by atoms with E-state index in [9.17, 15) is 4.79 Å². The van der Waals surface area contributed by atoms with Gasteiger partial charge in [-0.15, -0.1) is 11.8 Å². The summed E-state index contributed by atoms with van der Waals surface area (Å²) < 4.78 is 0. The van der Waals surface area contributed by atoms with E-state index in [2.05, 4.69) is 22.6 Å². The van der Waals surface area contributed by atoms with Crippen LogP contribution in [-0.2, 0) is 4.79 Å². The smallest absolute Gasteiger partial charge is 0.214 e. The lowest BCUT2D eigenvalue weighted by atomic mass is 10.2. The van der Waals surface area contributed by atoms with Crippen LogP contribution in [0.5, 0.6) is 0 Å². The Morgan fingerprint density at radius 3 is 2.94 bits per heavy atom. The maximum atomic E-state index is 11.1. The first-order valence-electron chi connectivity index (χ1n) is 5.31. The average molecular weight is 232 g/mol. The highest BCUT2D eigenvalue weighted by atomic mass is 32.2. The number of fused-ring (bicyclic) bond motifs is 3. The Morgan fingerprint density at radius 2 is 2.12 bits per heavy atom. The van der Waals surface area contributed by atoms with E-state index >= 15 is 0 Å². The zero-order valence-corrected chi connectivity index (χ0v) is 9.56. The van der Waals surface area contributed by atoms with Crippen LogP contribution in [0, 0.1) is 0 Å². The van der Waals surface area contributed by atoms with Crippen molar-refractivity contribution in [3.63, 3.8) is 0 Å². The molecule has 0 saturated carbocycles. The summed E-state index contributed by atoms with van der Waals surface area (Å²) in [6, 6.07) is 8.06. The number of amides is 1. The van der Waals surface area contributed by atoms with E-state index in [1.54, 1.807) is 4.90 Å². The molecule has 2 aliphatic heterocycles. The van der Waals surface area contributed by atoms with Crippen LogP contribution in [-0.4, -0.2) is 18.3 Å². The third-order valence-electron chi connectivity index (χ3n) is 2.98. The van der Waals surface area contributed by atoms with Crippen LogP contribution in [0.2, 0.25) is 0 Å². The molecule has 1 aromatic carbocycles. The molecule has 16 heavy (non-hydrogen) atoms. The standard InChI is InChI=1S/C12H12N2OS/c15-9-13-6-5-12-14(7-8-16-12)11-4-2-1-3-10(11)13/h1-4,7-9,12H,5-6H2. The Hall–Kier alpha value is -1.42. The molecule has 82 valence electrons. The topological polar surface area (TPSA) is 23.6 Å². The van der Waals surface area contributed by atoms with Gasteiger partial charge in [-0.25, -0.2) is 0 Å². The van der Waals surface area contributed by atoms with E-state index in [1.165, 1.54) is 0 Å². The van der Waals surface area contributed by atoms with Crippen molar-refractivity contribution >= 4 is 29.5 Å². The number of rotatable bonds is 1. The van der Waals surface area contributed by atoms with Gasteiger partial charge >= 0.3 is 0 Å². The first-order chi connectivity index (χ1) is 7.90. The minimum Gasteiger partial charge on any atom is -0.333 e. The van der Waals surface area contributed by atoms with Crippen molar-refractivity contribution < 1.29 is 4.79 Å². The molecule has 3 nitrogen and oxygen atoms in total. The minimum atomic E-state index is 0.436. The molecular weight excluding hydrogens is 220 g/mol. The lowest BCUT2D eigenvalue weighted by Crippen LogP contribution is -2.24. The van der Waals surface area contributed by atoms with Gasteiger partial charge < -0.3 is 9.80 Å². The van der Waals surface area contributed by atoms with Crippen molar-refractivity contribution in [2.24, 2.45) is 0 Å². The number of anilines is 2. The van der Waals surface area contributed by atoms with E-state index < -0.39 is 0 Å². The van der Waals surface area contributed by atoms with E-state index in [1.807, 2.05) is 30.0 Å². The largest absolute Gasteiger partial charge is 0.333 e. The number of benzene rings is 1. The molecule has 3 rings (SSSR count). The van der Waals surface area contributed by atoms with Crippen LogP contribution in [0.4, 0.5) is 11.4 Å². The second kappa shape index (κ2) is 3.87. The first-order valence-corrected chi connectivity index (χ1v) is 6.26. The Morgan fingerprint density at radius 1 is 1.31 bits per heavy atom. The zero-order chi connectivity index (χ0) is 11.0. The second-order valence-electron chi connectivity index (χ2n) is 3.86. The summed E-state index contributed by atoms with van der Waals surface area (Å²) in [5.41, 5.74) is 2.13. The number of para-hydroxylation sites is 2. The van der Waals surface area contributed by atoms with E-state index in [-0.39, 0.29) is 0 Å². The molecule has 1 amide bonds. The van der Waals surface area contributed by atoms with Crippen molar-refractivity contribution in [3.8, 4) is 0 Å². The summed E-state index contributed by atoms with van der Waals surface area (Å²) in [7, 11) is 0. The SMILES string of the molecule is O=CN1CCC2SC=CN2c2ccccc21. The molecule has 0 radical (unpaired) electrons. The summed E-state index contributed by atoms with van der Waals surface area (Å²) in [5.74, 6) is 0. The Kier molecular flexibility index (Phi) is 2.36. The maximum absolute atomic E-state index is 11.1. The summed E-state index contributed by atoms with van der Waals surface area (Å²) in [5, 5.41) is 2.56. The van der Waals surface area contributed by atoms with Gasteiger partial charge in [-0.2, -0.15) is 0 Å². The number of nitrogens with zero attached hydrogens (tertiary/aromatic N) is 2. The lowest BCUT2D eigenvalue weighted by molar-refractivity contribution is -0.107. The van der Waals surface area contributed by atoms with Gasteiger partial charge in [-0.1, -0.05) is 12.1 Å². The summed E-state index contributed by atoms with van der Waals surface area (Å²) in [6.45, 7) is 0.788. The van der Waals surface area contributed by atoms with Crippen LogP contribution in [0.1, 0.15) is 6.42 Å². The highest BCUT2D eigenvalue weighted by Crippen LogP contribution is 2.40. The first kappa shape index (κ1) is 9.78. The van der Waals surface area contributed by atoms with E-state index in [0.717, 1.165) is 30.8 Å². The molecule has 1 aromatic rings. The third kappa shape index (κ3) is 1.41. The number of carbonyl (C=O) groups is 1. The van der Waals surface area contributed by atoms with Gasteiger partial charge in [0.05, 0.1) is 16.7 Å². The molecule has 0 saturated heterocycles. The van der Waals surface area contributed by atoms with Crippen LogP contribution >= 0.6 is 11.8 Å². The fourth-order valence-corrected chi connectivity index (χ4v) is 3.14. The normalized spacial score (nSPS) is 22.6. The summed E-state index contributed by atoms with van der Waals surface area (Å²) >= 11 is 1.82. The Labute approximate surface area is 98.7 Å². The molecule has 1 unspecified atom stereocenters.